The van der Waals surface area contributed by atoms with E-state index in [4.69, 9.17) is 0 Å². The van der Waals surface area contributed by atoms with Gasteiger partial charge in [-0.15, -0.1) is 11.3 Å². The van der Waals surface area contributed by atoms with Crippen LogP contribution in [0, 0.1) is 0 Å². The molecule has 0 radical (unpaired) electrons. The number of benzene rings is 1. The van der Waals surface area contributed by atoms with Crippen molar-refractivity contribution in [3.05, 3.63) is 58.6 Å². The number of aliphatic hydroxyl groups is 1. The standard InChI is InChI=1S/C18H21NOS/c1-18(2,3)14-6-4-13(5-7-14)11-19-15(12-20)10-17-16(19)8-9-21-17/h4-10,20H,11-12H2,1-3H3. The Morgan fingerprint density at radius 3 is 2.43 bits per heavy atom. The van der Waals surface area contributed by atoms with Crippen molar-refractivity contribution >= 4 is 21.6 Å². The maximum atomic E-state index is 9.55. The lowest BCUT2D eigenvalue weighted by molar-refractivity contribution is 0.272. The lowest BCUT2D eigenvalue weighted by Crippen LogP contribution is -2.11. The van der Waals surface area contributed by atoms with Crippen LogP contribution in [-0.4, -0.2) is 9.67 Å². The van der Waals surface area contributed by atoms with Crippen molar-refractivity contribution in [2.24, 2.45) is 0 Å². The molecule has 1 aromatic carbocycles. The SMILES string of the molecule is CC(C)(C)c1ccc(Cn2c(CO)cc3sccc32)cc1. The van der Waals surface area contributed by atoms with Gasteiger partial charge in [0.25, 0.3) is 0 Å². The Hall–Kier alpha value is -1.58. The van der Waals surface area contributed by atoms with Crippen LogP contribution in [-0.2, 0) is 18.6 Å². The Bertz CT molecular complexity index is 744. The van der Waals surface area contributed by atoms with Crippen LogP contribution < -0.4 is 0 Å². The van der Waals surface area contributed by atoms with Crippen molar-refractivity contribution in [2.75, 3.05) is 0 Å². The number of fused-ring (bicyclic) bond motifs is 1. The van der Waals surface area contributed by atoms with Crippen molar-refractivity contribution in [3.8, 4) is 0 Å². The monoisotopic (exact) mass is 299 g/mol. The summed E-state index contributed by atoms with van der Waals surface area (Å²) in [6.45, 7) is 7.58. The van der Waals surface area contributed by atoms with Crippen molar-refractivity contribution in [1.29, 1.82) is 0 Å². The summed E-state index contributed by atoms with van der Waals surface area (Å²) in [7, 11) is 0. The van der Waals surface area contributed by atoms with E-state index in [0.717, 1.165) is 12.2 Å². The maximum Gasteiger partial charge on any atom is 0.0833 e. The zero-order valence-electron chi connectivity index (χ0n) is 12.8. The average Bonchev–Trinajstić information content (AvgIpc) is 3.01. The van der Waals surface area contributed by atoms with Gasteiger partial charge in [0.15, 0.2) is 0 Å². The molecule has 0 fully saturated rings. The second kappa shape index (κ2) is 5.32. The van der Waals surface area contributed by atoms with E-state index in [0.29, 0.717) is 0 Å². The number of nitrogens with zero attached hydrogens (tertiary/aromatic N) is 1. The summed E-state index contributed by atoms with van der Waals surface area (Å²) in [5.74, 6) is 0. The molecular weight excluding hydrogens is 278 g/mol. The van der Waals surface area contributed by atoms with Crippen molar-refractivity contribution in [3.63, 3.8) is 0 Å². The molecule has 0 unspecified atom stereocenters. The number of rotatable bonds is 3. The number of hydrogen-bond donors (Lipinski definition) is 1. The van der Waals surface area contributed by atoms with Gasteiger partial charge in [-0.1, -0.05) is 45.0 Å². The zero-order chi connectivity index (χ0) is 15.0. The Kier molecular flexibility index (Phi) is 3.64. The smallest absolute Gasteiger partial charge is 0.0833 e. The maximum absolute atomic E-state index is 9.55. The van der Waals surface area contributed by atoms with E-state index in [1.807, 2.05) is 0 Å². The molecule has 3 rings (SSSR count). The van der Waals surface area contributed by atoms with Crippen LogP contribution in [0.2, 0.25) is 0 Å². The summed E-state index contributed by atoms with van der Waals surface area (Å²) in [5, 5.41) is 11.7. The molecular formula is C18H21NOS. The number of thiophene rings is 1. The van der Waals surface area contributed by atoms with Crippen LogP contribution in [0.25, 0.3) is 10.2 Å². The molecule has 0 aliphatic rings. The molecule has 0 saturated heterocycles. The molecule has 2 nitrogen and oxygen atoms in total. The normalized spacial score (nSPS) is 12.2. The molecule has 1 N–H and O–H groups in total. The van der Waals surface area contributed by atoms with E-state index < -0.39 is 0 Å². The fourth-order valence-corrected chi connectivity index (χ4v) is 3.49. The van der Waals surface area contributed by atoms with Gasteiger partial charge in [-0.2, -0.15) is 0 Å². The van der Waals surface area contributed by atoms with Crippen LogP contribution in [0.4, 0.5) is 0 Å². The molecule has 3 heteroatoms. The van der Waals surface area contributed by atoms with Gasteiger partial charge in [0.2, 0.25) is 0 Å². The summed E-state index contributed by atoms with van der Waals surface area (Å²) >= 11 is 1.72. The van der Waals surface area contributed by atoms with Gasteiger partial charge < -0.3 is 9.67 Å². The first-order valence-electron chi connectivity index (χ1n) is 7.25. The Morgan fingerprint density at radius 1 is 1.10 bits per heavy atom. The minimum atomic E-state index is 0.0848. The zero-order valence-corrected chi connectivity index (χ0v) is 13.6. The lowest BCUT2D eigenvalue weighted by atomic mass is 9.87. The molecule has 110 valence electrons. The highest BCUT2D eigenvalue weighted by atomic mass is 32.1. The third-order valence-electron chi connectivity index (χ3n) is 3.93. The van der Waals surface area contributed by atoms with E-state index in [9.17, 15) is 5.11 Å². The summed E-state index contributed by atoms with van der Waals surface area (Å²) in [6, 6.07) is 13.0. The molecule has 2 aromatic heterocycles. The first kappa shape index (κ1) is 14.4. The lowest BCUT2D eigenvalue weighted by Gasteiger charge is -2.19. The molecule has 0 atom stereocenters. The number of hydrogen-bond acceptors (Lipinski definition) is 2. The van der Waals surface area contributed by atoms with Gasteiger partial charge in [0.1, 0.15) is 0 Å². The van der Waals surface area contributed by atoms with Crippen LogP contribution in [0.5, 0.6) is 0 Å². The molecule has 0 spiro atoms. The molecule has 3 aromatic rings. The van der Waals surface area contributed by atoms with Gasteiger partial charge in [-0.3, -0.25) is 0 Å². The van der Waals surface area contributed by atoms with E-state index >= 15 is 0 Å². The minimum Gasteiger partial charge on any atom is -0.390 e. The Morgan fingerprint density at radius 2 is 1.81 bits per heavy atom. The second-order valence-electron chi connectivity index (χ2n) is 6.50. The summed E-state index contributed by atoms with van der Waals surface area (Å²) in [6.07, 6.45) is 0. The van der Waals surface area contributed by atoms with Gasteiger partial charge >= 0.3 is 0 Å². The summed E-state index contributed by atoms with van der Waals surface area (Å²) in [4.78, 5) is 0. The van der Waals surface area contributed by atoms with Crippen molar-refractivity contribution in [2.45, 2.75) is 39.3 Å². The molecule has 0 amide bonds. The molecule has 21 heavy (non-hydrogen) atoms. The van der Waals surface area contributed by atoms with Gasteiger partial charge in [-0.05, 0) is 34.1 Å². The third-order valence-corrected chi connectivity index (χ3v) is 4.78. The van der Waals surface area contributed by atoms with E-state index in [1.165, 1.54) is 21.3 Å². The minimum absolute atomic E-state index is 0.0848. The quantitative estimate of drug-likeness (QED) is 0.754. The molecule has 0 bridgehead atoms. The molecule has 0 aliphatic carbocycles. The first-order valence-corrected chi connectivity index (χ1v) is 8.13. The fourth-order valence-electron chi connectivity index (χ4n) is 2.64. The highest BCUT2D eigenvalue weighted by Crippen LogP contribution is 2.27. The predicted molar refractivity (Wildman–Crippen MR) is 90.0 cm³/mol. The van der Waals surface area contributed by atoms with Crippen LogP contribution in [0.1, 0.15) is 37.6 Å². The fraction of sp³-hybridized carbons (Fsp3) is 0.333. The molecule has 2 heterocycles. The van der Waals surface area contributed by atoms with Gasteiger partial charge in [0.05, 0.1) is 16.8 Å². The third kappa shape index (κ3) is 2.76. The van der Waals surface area contributed by atoms with Gasteiger partial charge in [-0.25, -0.2) is 0 Å². The second-order valence-corrected chi connectivity index (χ2v) is 7.44. The van der Waals surface area contributed by atoms with Crippen LogP contribution >= 0.6 is 11.3 Å². The Labute approximate surface area is 129 Å². The summed E-state index contributed by atoms with van der Waals surface area (Å²) < 4.78 is 3.45. The predicted octanol–water partition coefficient (Wildman–Crippen LogP) is 4.54. The summed E-state index contributed by atoms with van der Waals surface area (Å²) in [5.41, 5.74) is 4.99. The molecule has 0 saturated carbocycles. The van der Waals surface area contributed by atoms with E-state index in [1.54, 1.807) is 11.3 Å². The van der Waals surface area contributed by atoms with Gasteiger partial charge in [0, 0.05) is 12.2 Å². The van der Waals surface area contributed by atoms with Crippen LogP contribution in [0.15, 0.2) is 41.8 Å². The first-order chi connectivity index (χ1) is 9.99. The van der Waals surface area contributed by atoms with Crippen LogP contribution in [0.3, 0.4) is 0 Å². The Balaban J connectivity index is 1.93. The number of aromatic nitrogens is 1. The number of aliphatic hydroxyl groups excluding tert-OH is 1. The van der Waals surface area contributed by atoms with Crippen molar-refractivity contribution < 1.29 is 5.11 Å². The molecule has 0 aliphatic heterocycles. The highest BCUT2D eigenvalue weighted by Gasteiger charge is 2.14. The van der Waals surface area contributed by atoms with Crippen molar-refractivity contribution in [1.82, 2.24) is 4.57 Å². The van der Waals surface area contributed by atoms with E-state index in [2.05, 4.69) is 67.1 Å². The average molecular weight is 299 g/mol. The topological polar surface area (TPSA) is 25.2 Å². The highest BCUT2D eigenvalue weighted by molar-refractivity contribution is 7.17. The largest absolute Gasteiger partial charge is 0.390 e. The van der Waals surface area contributed by atoms with E-state index in [-0.39, 0.29) is 12.0 Å².